The first-order valence-corrected chi connectivity index (χ1v) is 11.0. The largest absolute Gasteiger partial charge is 0.330 e. The molecule has 4 bridgehead atoms. The monoisotopic (exact) mass is 429 g/mol. The molecule has 1 aromatic carbocycles. The van der Waals surface area contributed by atoms with E-state index >= 15 is 0 Å². The summed E-state index contributed by atoms with van der Waals surface area (Å²) >= 11 is 5.05. The van der Waals surface area contributed by atoms with E-state index in [0.29, 0.717) is 0 Å². The van der Waals surface area contributed by atoms with Crippen LogP contribution in [-0.2, 0) is 5.41 Å². The molecule has 7 heteroatoms. The molecule has 0 amide bonds. The minimum Gasteiger partial charge on any atom is -0.330 e. The van der Waals surface area contributed by atoms with Gasteiger partial charge in [0.2, 0.25) is 10.1 Å². The Balaban J connectivity index is 1.36. The predicted molar refractivity (Wildman–Crippen MR) is 106 cm³/mol. The van der Waals surface area contributed by atoms with Crippen LogP contribution in [0.15, 0.2) is 28.7 Å². The van der Waals surface area contributed by atoms with Gasteiger partial charge in [-0.05, 0) is 80.5 Å². The highest BCUT2D eigenvalue weighted by Crippen LogP contribution is 2.60. The molecule has 0 saturated heterocycles. The van der Waals surface area contributed by atoms with Crippen molar-refractivity contribution in [1.82, 2.24) is 19.8 Å². The molecule has 1 N–H and O–H groups in total. The summed E-state index contributed by atoms with van der Waals surface area (Å²) in [7, 11) is 0. The summed E-state index contributed by atoms with van der Waals surface area (Å²) in [6.45, 7) is 0. The molecular formula is C19H20BrN5S. The SMILES string of the molecule is Brc1ccc(Nc2nn3c(C45CC6CC(CC(C6)C4)C5)nnc3s2)cc1. The van der Waals surface area contributed by atoms with E-state index in [1.54, 1.807) is 11.3 Å². The Kier molecular flexibility index (Phi) is 3.30. The van der Waals surface area contributed by atoms with Gasteiger partial charge in [0.05, 0.1) is 0 Å². The first-order chi connectivity index (χ1) is 12.7. The lowest BCUT2D eigenvalue weighted by Crippen LogP contribution is -2.49. The second-order valence-corrected chi connectivity index (χ2v) is 10.3. The molecule has 0 spiro atoms. The molecule has 0 aliphatic heterocycles. The second kappa shape index (κ2) is 5.52. The van der Waals surface area contributed by atoms with E-state index in [2.05, 4.69) is 31.4 Å². The summed E-state index contributed by atoms with van der Waals surface area (Å²) in [5, 5.41) is 18.2. The van der Waals surface area contributed by atoms with Gasteiger partial charge in [-0.3, -0.25) is 0 Å². The number of aromatic nitrogens is 4. The Labute approximate surface area is 164 Å². The minimum absolute atomic E-state index is 0.219. The van der Waals surface area contributed by atoms with E-state index in [9.17, 15) is 0 Å². The van der Waals surface area contributed by atoms with Crippen LogP contribution in [0, 0.1) is 17.8 Å². The van der Waals surface area contributed by atoms with E-state index in [4.69, 9.17) is 5.10 Å². The molecule has 5 nitrogen and oxygen atoms in total. The fraction of sp³-hybridized carbons (Fsp3) is 0.526. The number of hydrogen-bond donors (Lipinski definition) is 1. The molecule has 2 aromatic heterocycles. The van der Waals surface area contributed by atoms with Crippen molar-refractivity contribution in [3.63, 3.8) is 0 Å². The zero-order valence-corrected chi connectivity index (χ0v) is 16.8. The number of nitrogens with one attached hydrogen (secondary N) is 1. The van der Waals surface area contributed by atoms with Crippen LogP contribution < -0.4 is 5.32 Å². The molecule has 4 saturated carbocycles. The number of hydrogen-bond acceptors (Lipinski definition) is 5. The number of rotatable bonds is 3. The average Bonchev–Trinajstić information content (AvgIpc) is 3.15. The maximum atomic E-state index is 4.83. The lowest BCUT2D eigenvalue weighted by atomic mass is 9.49. The van der Waals surface area contributed by atoms with Crippen molar-refractivity contribution in [1.29, 1.82) is 0 Å². The fourth-order valence-corrected chi connectivity index (χ4v) is 7.06. The lowest BCUT2D eigenvalue weighted by Gasteiger charge is -2.55. The Bertz CT molecular complexity index is 940. The number of anilines is 2. The lowest BCUT2D eigenvalue weighted by molar-refractivity contribution is -0.0103. The highest BCUT2D eigenvalue weighted by atomic mass is 79.9. The van der Waals surface area contributed by atoms with Crippen LogP contribution >= 0.6 is 27.3 Å². The van der Waals surface area contributed by atoms with E-state index in [0.717, 1.165) is 43.8 Å². The van der Waals surface area contributed by atoms with Gasteiger partial charge in [0.1, 0.15) is 0 Å². The Morgan fingerprint density at radius 2 is 1.65 bits per heavy atom. The van der Waals surface area contributed by atoms with Crippen molar-refractivity contribution >= 4 is 43.0 Å². The van der Waals surface area contributed by atoms with Gasteiger partial charge < -0.3 is 5.32 Å². The summed E-state index contributed by atoms with van der Waals surface area (Å²) in [6.07, 6.45) is 8.17. The highest BCUT2D eigenvalue weighted by molar-refractivity contribution is 9.10. The smallest absolute Gasteiger partial charge is 0.236 e. The Morgan fingerprint density at radius 1 is 1.00 bits per heavy atom. The third-order valence-electron chi connectivity index (χ3n) is 6.60. The molecule has 0 atom stereocenters. The molecule has 134 valence electrons. The summed E-state index contributed by atoms with van der Waals surface area (Å²) < 4.78 is 3.10. The molecule has 7 rings (SSSR count). The topological polar surface area (TPSA) is 55.1 Å². The molecule has 4 aliphatic carbocycles. The molecule has 4 aliphatic rings. The van der Waals surface area contributed by atoms with Crippen molar-refractivity contribution in [2.24, 2.45) is 17.8 Å². The van der Waals surface area contributed by atoms with E-state index < -0.39 is 0 Å². The van der Waals surface area contributed by atoms with Gasteiger partial charge in [-0.1, -0.05) is 27.3 Å². The van der Waals surface area contributed by atoms with Crippen molar-refractivity contribution in [3.8, 4) is 0 Å². The van der Waals surface area contributed by atoms with Crippen molar-refractivity contribution in [3.05, 3.63) is 34.6 Å². The van der Waals surface area contributed by atoms with Crippen molar-refractivity contribution in [2.75, 3.05) is 5.32 Å². The van der Waals surface area contributed by atoms with Crippen LogP contribution in [0.3, 0.4) is 0 Å². The molecule has 26 heavy (non-hydrogen) atoms. The van der Waals surface area contributed by atoms with Gasteiger partial charge in [-0.15, -0.1) is 15.3 Å². The maximum absolute atomic E-state index is 4.83. The van der Waals surface area contributed by atoms with Crippen LogP contribution in [0.1, 0.15) is 44.3 Å². The molecule has 3 aromatic rings. The van der Waals surface area contributed by atoms with Crippen LogP contribution in [0.25, 0.3) is 4.96 Å². The van der Waals surface area contributed by atoms with Gasteiger partial charge in [0.25, 0.3) is 0 Å². The number of halogens is 1. The summed E-state index contributed by atoms with van der Waals surface area (Å²) in [5.74, 6) is 3.81. The quantitative estimate of drug-likeness (QED) is 0.624. The van der Waals surface area contributed by atoms with Gasteiger partial charge in [0, 0.05) is 15.6 Å². The first kappa shape index (κ1) is 15.6. The summed E-state index contributed by atoms with van der Waals surface area (Å²) in [6, 6.07) is 8.16. The van der Waals surface area contributed by atoms with E-state index in [1.807, 2.05) is 28.8 Å². The average molecular weight is 430 g/mol. The number of nitrogens with zero attached hydrogens (tertiary/aromatic N) is 4. The zero-order chi connectivity index (χ0) is 17.3. The molecule has 2 heterocycles. The normalized spacial score (nSPS) is 32.4. The molecular weight excluding hydrogens is 410 g/mol. The van der Waals surface area contributed by atoms with Crippen LogP contribution in [0.5, 0.6) is 0 Å². The molecule has 0 unspecified atom stereocenters. The van der Waals surface area contributed by atoms with Crippen molar-refractivity contribution < 1.29 is 0 Å². The van der Waals surface area contributed by atoms with Gasteiger partial charge in [0.15, 0.2) is 5.82 Å². The predicted octanol–water partition coefficient (Wildman–Crippen LogP) is 5.16. The van der Waals surface area contributed by atoms with Crippen LogP contribution in [-0.4, -0.2) is 19.8 Å². The Morgan fingerprint density at radius 3 is 2.31 bits per heavy atom. The van der Waals surface area contributed by atoms with Crippen LogP contribution in [0.4, 0.5) is 10.8 Å². The molecule has 0 radical (unpaired) electrons. The molecule has 4 fully saturated rings. The van der Waals surface area contributed by atoms with Crippen molar-refractivity contribution in [2.45, 2.75) is 43.9 Å². The van der Waals surface area contributed by atoms with Gasteiger partial charge >= 0.3 is 0 Å². The summed E-state index contributed by atoms with van der Waals surface area (Å²) in [5.41, 5.74) is 1.26. The number of fused-ring (bicyclic) bond motifs is 1. The second-order valence-electron chi connectivity index (χ2n) is 8.45. The third kappa shape index (κ3) is 2.36. The number of benzene rings is 1. The Hall–Kier alpha value is -1.47. The first-order valence-electron chi connectivity index (χ1n) is 9.42. The standard InChI is InChI=1S/C19H20BrN5S/c20-14-1-3-15(4-2-14)21-17-24-25-16(22-23-18(25)26-17)19-8-11-5-12(9-19)7-13(6-11)10-19/h1-4,11-13H,5-10H2,(H,21,24). The summed E-state index contributed by atoms with van der Waals surface area (Å²) in [4.78, 5) is 0.898. The van der Waals surface area contributed by atoms with Crippen LogP contribution in [0.2, 0.25) is 0 Å². The maximum Gasteiger partial charge on any atom is 0.236 e. The minimum atomic E-state index is 0.219. The van der Waals surface area contributed by atoms with E-state index in [1.165, 1.54) is 38.5 Å². The fourth-order valence-electron chi connectivity index (χ4n) is 6.04. The van der Waals surface area contributed by atoms with Gasteiger partial charge in [-0.2, -0.15) is 4.52 Å². The third-order valence-corrected chi connectivity index (χ3v) is 7.94. The zero-order valence-electron chi connectivity index (χ0n) is 14.4. The highest BCUT2D eigenvalue weighted by Gasteiger charge is 2.54. The van der Waals surface area contributed by atoms with Gasteiger partial charge in [-0.25, -0.2) is 0 Å². The van der Waals surface area contributed by atoms with E-state index in [-0.39, 0.29) is 5.41 Å².